The molecule has 0 bridgehead atoms. The van der Waals surface area contributed by atoms with Crippen LogP contribution in [0.2, 0.25) is 0 Å². The molecule has 5 nitrogen and oxygen atoms in total. The first-order valence-corrected chi connectivity index (χ1v) is 6.42. The van der Waals surface area contributed by atoms with Gasteiger partial charge >= 0.3 is 0 Å². The topological polar surface area (TPSA) is 75.4 Å². The van der Waals surface area contributed by atoms with Gasteiger partial charge in [-0.15, -0.1) is 0 Å². The molecule has 110 valence electrons. The maximum Gasteiger partial charge on any atom is 0.269 e. The van der Waals surface area contributed by atoms with Crippen LogP contribution in [-0.2, 0) is 6.54 Å². The van der Waals surface area contributed by atoms with Crippen molar-refractivity contribution in [3.63, 3.8) is 0 Å². The highest BCUT2D eigenvalue weighted by Gasteiger charge is 2.11. The van der Waals surface area contributed by atoms with Crippen molar-refractivity contribution in [2.45, 2.75) is 19.5 Å². The van der Waals surface area contributed by atoms with Gasteiger partial charge in [-0.1, -0.05) is 18.2 Å². The molecule has 0 aliphatic rings. The fraction of sp³-hybridized carbons (Fsp3) is 0.200. The van der Waals surface area contributed by atoms with E-state index in [1.165, 1.54) is 24.3 Å². The number of nitro benzene ring substituents is 1. The number of benzene rings is 2. The van der Waals surface area contributed by atoms with E-state index in [0.717, 1.165) is 11.6 Å². The van der Waals surface area contributed by atoms with Gasteiger partial charge in [-0.05, 0) is 18.6 Å². The zero-order valence-electron chi connectivity index (χ0n) is 11.4. The first-order valence-electron chi connectivity index (χ1n) is 6.42. The lowest BCUT2D eigenvalue weighted by molar-refractivity contribution is -0.384. The highest BCUT2D eigenvalue weighted by Crippen LogP contribution is 2.25. The van der Waals surface area contributed by atoms with Crippen LogP contribution in [0.15, 0.2) is 42.5 Å². The molecule has 0 spiro atoms. The number of nitrogens with zero attached hydrogens (tertiary/aromatic N) is 1. The van der Waals surface area contributed by atoms with Crippen LogP contribution in [0.5, 0.6) is 5.75 Å². The summed E-state index contributed by atoms with van der Waals surface area (Å²) in [6, 6.07) is 9.94. The summed E-state index contributed by atoms with van der Waals surface area (Å²) in [7, 11) is 0. The highest BCUT2D eigenvalue weighted by molar-refractivity contribution is 5.36. The van der Waals surface area contributed by atoms with Gasteiger partial charge in [0.15, 0.2) is 0 Å². The molecule has 0 heterocycles. The van der Waals surface area contributed by atoms with Crippen LogP contribution in [-0.4, -0.2) is 10.0 Å². The quantitative estimate of drug-likeness (QED) is 0.654. The number of hydrogen-bond acceptors (Lipinski definition) is 4. The Morgan fingerprint density at radius 1 is 1.33 bits per heavy atom. The summed E-state index contributed by atoms with van der Waals surface area (Å²) in [4.78, 5) is 10.3. The number of phenolic OH excluding ortho intramolecular Hbond substituents is 1. The minimum Gasteiger partial charge on any atom is -0.508 e. The summed E-state index contributed by atoms with van der Waals surface area (Å²) in [5, 5.41) is 23.5. The molecule has 1 unspecified atom stereocenters. The molecule has 0 saturated heterocycles. The van der Waals surface area contributed by atoms with Gasteiger partial charge in [-0.25, -0.2) is 4.39 Å². The van der Waals surface area contributed by atoms with Crippen molar-refractivity contribution in [3.8, 4) is 5.75 Å². The van der Waals surface area contributed by atoms with Crippen LogP contribution in [0.3, 0.4) is 0 Å². The zero-order valence-corrected chi connectivity index (χ0v) is 11.4. The number of non-ortho nitro benzene ring substituents is 1. The Morgan fingerprint density at radius 3 is 2.76 bits per heavy atom. The third-order valence-electron chi connectivity index (χ3n) is 3.19. The van der Waals surface area contributed by atoms with E-state index >= 15 is 0 Å². The monoisotopic (exact) mass is 290 g/mol. The lowest BCUT2D eigenvalue weighted by Crippen LogP contribution is -2.18. The highest BCUT2D eigenvalue weighted by atomic mass is 19.1. The number of halogens is 1. The summed E-state index contributed by atoms with van der Waals surface area (Å²) in [5.41, 5.74) is 1.37. The molecular weight excluding hydrogens is 275 g/mol. The minimum absolute atomic E-state index is 0.0339. The Labute approximate surface area is 121 Å². The lowest BCUT2D eigenvalue weighted by atomic mass is 10.1. The van der Waals surface area contributed by atoms with Crippen LogP contribution in [0.25, 0.3) is 0 Å². The number of rotatable bonds is 5. The van der Waals surface area contributed by atoms with Crippen molar-refractivity contribution in [3.05, 3.63) is 69.5 Å². The van der Waals surface area contributed by atoms with Crippen molar-refractivity contribution in [2.24, 2.45) is 0 Å². The fourth-order valence-electron chi connectivity index (χ4n) is 2.04. The van der Waals surface area contributed by atoms with Crippen LogP contribution in [0.4, 0.5) is 10.1 Å². The van der Waals surface area contributed by atoms with Gasteiger partial charge in [-0.2, -0.15) is 0 Å². The Balaban J connectivity index is 2.05. The molecule has 0 aromatic heterocycles. The van der Waals surface area contributed by atoms with E-state index in [1.54, 1.807) is 12.1 Å². The van der Waals surface area contributed by atoms with Gasteiger partial charge in [0.25, 0.3) is 5.69 Å². The molecule has 2 aromatic carbocycles. The summed E-state index contributed by atoms with van der Waals surface area (Å²) in [6.07, 6.45) is 0. The number of aromatic hydroxyl groups is 1. The molecule has 0 radical (unpaired) electrons. The van der Waals surface area contributed by atoms with Crippen molar-refractivity contribution in [1.29, 1.82) is 0 Å². The molecule has 0 amide bonds. The van der Waals surface area contributed by atoms with Gasteiger partial charge in [0.2, 0.25) is 0 Å². The SMILES string of the molecule is CC(NCc1cccc([N+](=O)[O-])c1)c1ccc(F)cc1O. The maximum absolute atomic E-state index is 12.9. The van der Waals surface area contributed by atoms with E-state index in [1.807, 2.05) is 6.92 Å². The fourth-order valence-corrected chi connectivity index (χ4v) is 2.04. The van der Waals surface area contributed by atoms with Gasteiger partial charge in [0.1, 0.15) is 11.6 Å². The number of nitrogens with one attached hydrogen (secondary N) is 1. The van der Waals surface area contributed by atoms with E-state index in [9.17, 15) is 19.6 Å². The van der Waals surface area contributed by atoms with Crippen molar-refractivity contribution in [1.82, 2.24) is 5.32 Å². The molecular formula is C15H15FN2O3. The van der Waals surface area contributed by atoms with E-state index in [0.29, 0.717) is 12.1 Å². The standard InChI is InChI=1S/C15H15FN2O3/c1-10(14-6-5-12(16)8-15(14)19)17-9-11-3-2-4-13(7-11)18(20)21/h2-8,10,17,19H,9H2,1H3. The van der Waals surface area contributed by atoms with Crippen LogP contribution < -0.4 is 5.32 Å². The van der Waals surface area contributed by atoms with E-state index in [2.05, 4.69) is 5.32 Å². The zero-order chi connectivity index (χ0) is 15.4. The molecule has 1 atom stereocenters. The Hall–Kier alpha value is -2.47. The smallest absolute Gasteiger partial charge is 0.269 e. The molecule has 0 fully saturated rings. The van der Waals surface area contributed by atoms with Crippen molar-refractivity contribution in [2.75, 3.05) is 0 Å². The van der Waals surface area contributed by atoms with E-state index in [-0.39, 0.29) is 17.5 Å². The largest absolute Gasteiger partial charge is 0.508 e. The third kappa shape index (κ3) is 3.76. The summed E-state index contributed by atoms with van der Waals surface area (Å²) in [6.45, 7) is 2.23. The minimum atomic E-state index is -0.498. The molecule has 2 aromatic rings. The molecule has 6 heteroatoms. The van der Waals surface area contributed by atoms with Gasteiger partial charge in [-0.3, -0.25) is 10.1 Å². The Bertz CT molecular complexity index is 661. The van der Waals surface area contributed by atoms with Crippen LogP contribution >= 0.6 is 0 Å². The molecule has 0 aliphatic heterocycles. The number of phenols is 1. The summed E-state index contributed by atoms with van der Waals surface area (Å²) < 4.78 is 12.9. The second-order valence-corrected chi connectivity index (χ2v) is 4.73. The lowest BCUT2D eigenvalue weighted by Gasteiger charge is -2.15. The summed E-state index contributed by atoms with van der Waals surface area (Å²) in [5.74, 6) is -0.615. The van der Waals surface area contributed by atoms with Crippen LogP contribution in [0.1, 0.15) is 24.1 Å². The normalized spacial score (nSPS) is 12.1. The third-order valence-corrected chi connectivity index (χ3v) is 3.19. The Kier molecular flexibility index (Phi) is 4.49. The van der Waals surface area contributed by atoms with Crippen LogP contribution in [0, 0.1) is 15.9 Å². The number of hydrogen-bond donors (Lipinski definition) is 2. The molecule has 0 saturated carbocycles. The molecule has 2 N–H and O–H groups in total. The van der Waals surface area contributed by atoms with Gasteiger partial charge in [0, 0.05) is 36.3 Å². The average molecular weight is 290 g/mol. The first-order chi connectivity index (χ1) is 9.97. The maximum atomic E-state index is 12.9. The second-order valence-electron chi connectivity index (χ2n) is 4.73. The molecule has 21 heavy (non-hydrogen) atoms. The second kappa shape index (κ2) is 6.32. The Morgan fingerprint density at radius 2 is 2.10 bits per heavy atom. The molecule has 2 rings (SSSR count). The van der Waals surface area contributed by atoms with Crippen molar-refractivity contribution < 1.29 is 14.4 Å². The molecule has 0 aliphatic carbocycles. The number of nitro groups is 1. The van der Waals surface area contributed by atoms with Crippen molar-refractivity contribution >= 4 is 5.69 Å². The predicted octanol–water partition coefficient (Wildman–Crippen LogP) is 3.29. The average Bonchev–Trinajstić information content (AvgIpc) is 2.45. The van der Waals surface area contributed by atoms with E-state index < -0.39 is 10.7 Å². The predicted molar refractivity (Wildman–Crippen MR) is 76.4 cm³/mol. The summed E-state index contributed by atoms with van der Waals surface area (Å²) >= 11 is 0. The first kappa shape index (κ1) is 14.9. The van der Waals surface area contributed by atoms with Gasteiger partial charge in [0.05, 0.1) is 4.92 Å². The van der Waals surface area contributed by atoms with E-state index in [4.69, 9.17) is 0 Å². The van der Waals surface area contributed by atoms with Gasteiger partial charge < -0.3 is 10.4 Å².